The minimum absolute atomic E-state index is 0.0807. The SMILES string of the molecule is CCCNC(=O)CN(C1CCCCC1)S(=O)(=O)c1ccc(OC)c(Cl)c1. The zero-order valence-corrected chi connectivity index (χ0v) is 16.9. The number of amides is 1. The van der Waals surface area contributed by atoms with Crippen molar-refractivity contribution in [1.29, 1.82) is 0 Å². The lowest BCUT2D eigenvalue weighted by atomic mass is 9.95. The van der Waals surface area contributed by atoms with Gasteiger partial charge in [-0.1, -0.05) is 37.8 Å². The van der Waals surface area contributed by atoms with Crippen molar-refractivity contribution in [3.63, 3.8) is 0 Å². The molecule has 1 aliphatic carbocycles. The predicted molar refractivity (Wildman–Crippen MR) is 102 cm³/mol. The number of hydrogen-bond acceptors (Lipinski definition) is 4. The van der Waals surface area contributed by atoms with E-state index in [1.54, 1.807) is 0 Å². The molecule has 0 unspecified atom stereocenters. The quantitative estimate of drug-likeness (QED) is 0.724. The van der Waals surface area contributed by atoms with Crippen molar-refractivity contribution in [2.24, 2.45) is 0 Å². The number of nitrogens with zero attached hydrogens (tertiary/aromatic N) is 1. The third-order valence-electron chi connectivity index (χ3n) is 4.58. The first-order chi connectivity index (χ1) is 12.4. The van der Waals surface area contributed by atoms with Crippen molar-refractivity contribution in [2.75, 3.05) is 20.2 Å². The van der Waals surface area contributed by atoms with Gasteiger partial charge < -0.3 is 10.1 Å². The smallest absolute Gasteiger partial charge is 0.243 e. The maximum atomic E-state index is 13.2. The maximum Gasteiger partial charge on any atom is 0.243 e. The molecule has 1 amide bonds. The molecular weight excluding hydrogens is 376 g/mol. The Morgan fingerprint density at radius 3 is 2.58 bits per heavy atom. The molecule has 8 heteroatoms. The van der Waals surface area contributed by atoms with Crippen molar-refractivity contribution in [3.05, 3.63) is 23.2 Å². The molecule has 1 saturated carbocycles. The van der Waals surface area contributed by atoms with E-state index in [1.165, 1.54) is 29.6 Å². The fourth-order valence-corrected chi connectivity index (χ4v) is 5.17. The number of benzene rings is 1. The van der Waals surface area contributed by atoms with Crippen molar-refractivity contribution < 1.29 is 17.9 Å². The van der Waals surface area contributed by atoms with Crippen LogP contribution in [0.15, 0.2) is 23.1 Å². The van der Waals surface area contributed by atoms with Gasteiger partial charge in [-0.15, -0.1) is 0 Å². The molecule has 0 atom stereocenters. The van der Waals surface area contributed by atoms with E-state index in [2.05, 4.69) is 5.32 Å². The van der Waals surface area contributed by atoms with Crippen LogP contribution in [0.25, 0.3) is 0 Å². The number of hydrogen-bond donors (Lipinski definition) is 1. The van der Waals surface area contributed by atoms with Gasteiger partial charge in [0, 0.05) is 12.6 Å². The third-order valence-corrected chi connectivity index (χ3v) is 6.77. The van der Waals surface area contributed by atoms with E-state index in [-0.39, 0.29) is 28.4 Å². The summed E-state index contributed by atoms with van der Waals surface area (Å²) in [6.07, 6.45) is 5.37. The molecule has 0 saturated heterocycles. The van der Waals surface area contributed by atoms with E-state index in [0.29, 0.717) is 12.3 Å². The van der Waals surface area contributed by atoms with E-state index >= 15 is 0 Å². The van der Waals surface area contributed by atoms with Crippen LogP contribution in [0.5, 0.6) is 5.75 Å². The first kappa shape index (κ1) is 21.0. The summed E-state index contributed by atoms with van der Waals surface area (Å²) in [7, 11) is -2.36. The van der Waals surface area contributed by atoms with Crippen LogP contribution < -0.4 is 10.1 Å². The summed E-state index contributed by atoms with van der Waals surface area (Å²) in [6, 6.07) is 4.22. The number of rotatable bonds is 8. The monoisotopic (exact) mass is 402 g/mol. The highest BCUT2D eigenvalue weighted by Gasteiger charge is 2.34. The van der Waals surface area contributed by atoms with Crippen molar-refractivity contribution in [2.45, 2.75) is 56.4 Å². The van der Waals surface area contributed by atoms with Crippen LogP contribution >= 0.6 is 11.6 Å². The van der Waals surface area contributed by atoms with Crippen LogP contribution in [0.2, 0.25) is 5.02 Å². The Balaban J connectivity index is 2.32. The number of methoxy groups -OCH3 is 1. The summed E-state index contributed by atoms with van der Waals surface area (Å²) in [5.74, 6) is 0.135. The van der Waals surface area contributed by atoms with Gasteiger partial charge in [-0.05, 0) is 37.5 Å². The molecule has 26 heavy (non-hydrogen) atoms. The van der Waals surface area contributed by atoms with Gasteiger partial charge in [-0.2, -0.15) is 4.31 Å². The molecule has 0 bridgehead atoms. The van der Waals surface area contributed by atoms with Crippen LogP contribution in [0.1, 0.15) is 45.4 Å². The summed E-state index contributed by atoms with van der Waals surface area (Å²) >= 11 is 6.11. The molecule has 0 spiro atoms. The second-order valence-corrected chi connectivity index (χ2v) is 8.79. The number of ether oxygens (including phenoxy) is 1. The average molecular weight is 403 g/mol. The lowest BCUT2D eigenvalue weighted by molar-refractivity contribution is -0.121. The summed E-state index contributed by atoms with van der Waals surface area (Å²) < 4.78 is 32.9. The fourth-order valence-electron chi connectivity index (χ4n) is 3.18. The normalized spacial score (nSPS) is 15.8. The molecule has 1 aromatic carbocycles. The van der Waals surface area contributed by atoms with Crippen LogP contribution in [0, 0.1) is 0 Å². The Kier molecular flexibility index (Phi) is 7.73. The molecule has 0 aromatic heterocycles. The second-order valence-electron chi connectivity index (χ2n) is 6.49. The second kappa shape index (κ2) is 9.58. The summed E-state index contributed by atoms with van der Waals surface area (Å²) in [4.78, 5) is 12.3. The largest absolute Gasteiger partial charge is 0.495 e. The van der Waals surface area contributed by atoms with Gasteiger partial charge in [-0.25, -0.2) is 8.42 Å². The van der Waals surface area contributed by atoms with Gasteiger partial charge in [0.1, 0.15) is 5.75 Å². The summed E-state index contributed by atoms with van der Waals surface area (Å²) in [6.45, 7) is 2.32. The predicted octanol–water partition coefficient (Wildman–Crippen LogP) is 3.20. The van der Waals surface area contributed by atoms with Gasteiger partial charge >= 0.3 is 0 Å². The lowest BCUT2D eigenvalue weighted by Gasteiger charge is -2.33. The number of halogens is 1. The third kappa shape index (κ3) is 5.11. The van der Waals surface area contributed by atoms with E-state index < -0.39 is 10.0 Å². The van der Waals surface area contributed by atoms with Crippen molar-refractivity contribution in [1.82, 2.24) is 9.62 Å². The first-order valence-corrected chi connectivity index (χ1v) is 10.8. The molecule has 0 radical (unpaired) electrons. The number of carbonyl (C=O) groups excluding carboxylic acids is 1. The molecule has 1 N–H and O–H groups in total. The van der Waals surface area contributed by atoms with E-state index in [1.807, 2.05) is 6.92 Å². The minimum atomic E-state index is -3.84. The van der Waals surface area contributed by atoms with Crippen LogP contribution in [-0.2, 0) is 14.8 Å². The zero-order chi connectivity index (χ0) is 19.2. The van der Waals surface area contributed by atoms with Gasteiger partial charge in [-0.3, -0.25) is 4.79 Å². The zero-order valence-electron chi connectivity index (χ0n) is 15.3. The molecule has 1 aliphatic rings. The van der Waals surface area contributed by atoms with Gasteiger partial charge in [0.25, 0.3) is 0 Å². The van der Waals surface area contributed by atoms with E-state index in [9.17, 15) is 13.2 Å². The Morgan fingerprint density at radius 2 is 2.00 bits per heavy atom. The molecule has 6 nitrogen and oxygen atoms in total. The molecule has 146 valence electrons. The Labute approximate surface area is 160 Å². The highest BCUT2D eigenvalue weighted by atomic mass is 35.5. The molecule has 2 rings (SSSR count). The number of sulfonamides is 1. The van der Waals surface area contributed by atoms with Crippen molar-refractivity contribution in [3.8, 4) is 5.75 Å². The Morgan fingerprint density at radius 1 is 1.31 bits per heavy atom. The summed E-state index contributed by atoms with van der Waals surface area (Å²) in [5.41, 5.74) is 0. The van der Waals surface area contributed by atoms with Crippen LogP contribution in [0.4, 0.5) is 0 Å². The minimum Gasteiger partial charge on any atom is -0.495 e. The fraction of sp³-hybridized carbons (Fsp3) is 0.611. The highest BCUT2D eigenvalue weighted by molar-refractivity contribution is 7.89. The van der Waals surface area contributed by atoms with Gasteiger partial charge in [0.15, 0.2) is 0 Å². The van der Waals surface area contributed by atoms with E-state index in [4.69, 9.17) is 16.3 Å². The van der Waals surface area contributed by atoms with Crippen LogP contribution in [-0.4, -0.2) is 44.9 Å². The Bertz CT molecular complexity index is 718. The van der Waals surface area contributed by atoms with E-state index in [0.717, 1.165) is 38.5 Å². The van der Waals surface area contributed by atoms with Gasteiger partial charge in [0.05, 0.1) is 23.6 Å². The molecule has 0 aliphatic heterocycles. The highest BCUT2D eigenvalue weighted by Crippen LogP contribution is 2.31. The van der Waals surface area contributed by atoms with Gasteiger partial charge in [0.2, 0.25) is 15.9 Å². The van der Waals surface area contributed by atoms with Crippen LogP contribution in [0.3, 0.4) is 0 Å². The molecular formula is C18H27ClN2O4S. The molecule has 0 heterocycles. The standard InChI is InChI=1S/C18H27ClN2O4S/c1-3-11-20-18(22)13-21(14-7-5-4-6-8-14)26(23,24)15-9-10-17(25-2)16(19)12-15/h9-10,12,14H,3-8,11,13H2,1-2H3,(H,20,22). The molecule has 1 aromatic rings. The number of carbonyl (C=O) groups is 1. The first-order valence-electron chi connectivity index (χ1n) is 9.02. The topological polar surface area (TPSA) is 75.7 Å². The number of nitrogens with one attached hydrogen (secondary N) is 1. The lowest BCUT2D eigenvalue weighted by Crippen LogP contribution is -2.47. The summed E-state index contributed by atoms with van der Waals surface area (Å²) in [5, 5.41) is 2.99. The Hall–Kier alpha value is -1.31. The maximum absolute atomic E-state index is 13.2. The average Bonchev–Trinajstić information content (AvgIpc) is 2.64. The molecule has 1 fully saturated rings. The van der Waals surface area contributed by atoms with Crippen molar-refractivity contribution >= 4 is 27.5 Å².